The molecule has 0 saturated carbocycles. The highest BCUT2D eigenvalue weighted by atomic mass is 35.5. The molecule has 7 heteroatoms. The Balaban J connectivity index is 2.14. The maximum atomic E-state index is 11.5. The molecule has 5 nitrogen and oxygen atoms in total. The quantitative estimate of drug-likeness (QED) is 0.818. The molecule has 0 aliphatic carbocycles. The smallest absolute Gasteiger partial charge is 0.253 e. The van der Waals surface area contributed by atoms with Gasteiger partial charge in [-0.15, -0.1) is 0 Å². The zero-order valence-electron chi connectivity index (χ0n) is 11.3. The summed E-state index contributed by atoms with van der Waals surface area (Å²) in [6, 6.07) is 1.85. The molecule has 1 atom stereocenters. The van der Waals surface area contributed by atoms with E-state index in [1.165, 1.54) is 12.5 Å². The topological polar surface area (TPSA) is 71.2 Å². The second-order valence-electron chi connectivity index (χ2n) is 4.82. The molecule has 0 radical (unpaired) electrons. The minimum absolute atomic E-state index is 0.192. The molecule has 20 heavy (non-hydrogen) atoms. The molecule has 110 valence electrons. The zero-order valence-corrected chi connectivity index (χ0v) is 12.8. The van der Waals surface area contributed by atoms with E-state index in [9.17, 15) is 4.79 Å². The van der Waals surface area contributed by atoms with E-state index in [2.05, 4.69) is 22.1 Å². The van der Waals surface area contributed by atoms with Crippen LogP contribution in [0.1, 0.15) is 30.1 Å². The van der Waals surface area contributed by atoms with Crippen LogP contribution in [-0.4, -0.2) is 41.5 Å². The number of likely N-dealkylation sites (tertiary alicyclic amines) is 1. The number of carbonyl (C=O) groups excluding carboxylic acids is 1. The van der Waals surface area contributed by atoms with Gasteiger partial charge in [-0.05, 0) is 32.0 Å². The monoisotopic (exact) mass is 316 g/mol. The van der Waals surface area contributed by atoms with Crippen molar-refractivity contribution in [3.8, 4) is 0 Å². The minimum atomic E-state index is -0.611. The summed E-state index contributed by atoms with van der Waals surface area (Å²) in [6.45, 7) is 4.95. The van der Waals surface area contributed by atoms with Gasteiger partial charge in [-0.2, -0.15) is 0 Å². The molecule has 3 N–H and O–H groups in total. The summed E-state index contributed by atoms with van der Waals surface area (Å²) >= 11 is 11.9. The van der Waals surface area contributed by atoms with Gasteiger partial charge >= 0.3 is 0 Å². The summed E-state index contributed by atoms with van der Waals surface area (Å²) in [7, 11) is 0. The Morgan fingerprint density at radius 2 is 2.35 bits per heavy atom. The van der Waals surface area contributed by atoms with Crippen LogP contribution in [0.15, 0.2) is 6.07 Å². The predicted molar refractivity (Wildman–Crippen MR) is 81.5 cm³/mol. The number of nitrogens with two attached hydrogens (primary N) is 1. The number of nitrogens with one attached hydrogen (secondary N) is 1. The van der Waals surface area contributed by atoms with E-state index in [0.717, 1.165) is 19.5 Å². The standard InChI is InChI=1S/C13H18Cl2N4O/c1-2-19-5-3-4-8(19)7-17-13-11(12(16)20)9(14)6-10(15)18-13/h6,8H,2-5,7H2,1H3,(H2,16,20)(H,17,18). The third-order valence-electron chi connectivity index (χ3n) is 3.60. The van der Waals surface area contributed by atoms with Crippen LogP contribution in [0.25, 0.3) is 0 Å². The van der Waals surface area contributed by atoms with Crippen molar-refractivity contribution in [1.29, 1.82) is 0 Å². The fourth-order valence-electron chi connectivity index (χ4n) is 2.60. The number of anilines is 1. The number of pyridine rings is 1. The van der Waals surface area contributed by atoms with Crippen molar-refractivity contribution in [2.45, 2.75) is 25.8 Å². The Morgan fingerprint density at radius 3 is 3.00 bits per heavy atom. The van der Waals surface area contributed by atoms with E-state index in [4.69, 9.17) is 28.9 Å². The van der Waals surface area contributed by atoms with Crippen LogP contribution in [0.5, 0.6) is 0 Å². The van der Waals surface area contributed by atoms with Crippen LogP contribution < -0.4 is 11.1 Å². The second kappa shape index (κ2) is 6.61. The fraction of sp³-hybridized carbons (Fsp3) is 0.538. The number of likely N-dealkylation sites (N-methyl/N-ethyl adjacent to an activating group) is 1. The molecule has 1 unspecified atom stereocenters. The molecule has 1 aliphatic rings. The van der Waals surface area contributed by atoms with Crippen LogP contribution in [0.2, 0.25) is 10.2 Å². The molecule has 1 saturated heterocycles. The van der Waals surface area contributed by atoms with E-state index < -0.39 is 5.91 Å². The molecule has 1 aliphatic heterocycles. The molecular weight excluding hydrogens is 299 g/mol. The summed E-state index contributed by atoms with van der Waals surface area (Å²) in [6.07, 6.45) is 2.31. The molecule has 0 bridgehead atoms. The Hall–Kier alpha value is -1.04. The number of halogens is 2. The predicted octanol–water partition coefficient (Wildman–Crippen LogP) is 2.38. The van der Waals surface area contributed by atoms with E-state index in [1.54, 1.807) is 0 Å². The van der Waals surface area contributed by atoms with Crippen molar-refractivity contribution in [2.75, 3.05) is 25.0 Å². The van der Waals surface area contributed by atoms with Crippen molar-refractivity contribution < 1.29 is 4.79 Å². The van der Waals surface area contributed by atoms with Crippen LogP contribution in [0.3, 0.4) is 0 Å². The summed E-state index contributed by atoms with van der Waals surface area (Å²) in [5.41, 5.74) is 5.54. The van der Waals surface area contributed by atoms with Crippen LogP contribution >= 0.6 is 23.2 Å². The Morgan fingerprint density at radius 1 is 1.60 bits per heavy atom. The van der Waals surface area contributed by atoms with E-state index in [-0.39, 0.29) is 15.7 Å². The fourth-order valence-corrected chi connectivity index (χ4v) is 3.14. The molecule has 2 rings (SSSR count). The molecule has 1 fully saturated rings. The number of rotatable bonds is 5. The molecule has 1 aromatic heterocycles. The highest BCUT2D eigenvalue weighted by Crippen LogP contribution is 2.26. The maximum Gasteiger partial charge on any atom is 0.253 e. The van der Waals surface area contributed by atoms with E-state index in [0.29, 0.717) is 18.4 Å². The average Bonchev–Trinajstić information content (AvgIpc) is 2.82. The molecular formula is C13H18Cl2N4O. The SMILES string of the molecule is CCN1CCCC1CNc1nc(Cl)cc(Cl)c1C(N)=O. The van der Waals surface area contributed by atoms with Crippen LogP contribution in [-0.2, 0) is 0 Å². The van der Waals surface area contributed by atoms with Crippen molar-refractivity contribution in [2.24, 2.45) is 5.73 Å². The van der Waals surface area contributed by atoms with E-state index >= 15 is 0 Å². The molecule has 0 spiro atoms. The summed E-state index contributed by atoms with van der Waals surface area (Å²) in [4.78, 5) is 18.0. The second-order valence-corrected chi connectivity index (χ2v) is 5.61. The lowest BCUT2D eigenvalue weighted by molar-refractivity contribution is 0.100. The molecule has 1 amide bonds. The van der Waals surface area contributed by atoms with Crippen molar-refractivity contribution >= 4 is 34.9 Å². The van der Waals surface area contributed by atoms with Crippen molar-refractivity contribution in [3.63, 3.8) is 0 Å². The lowest BCUT2D eigenvalue weighted by Crippen LogP contribution is -2.35. The lowest BCUT2D eigenvalue weighted by atomic mass is 10.2. The van der Waals surface area contributed by atoms with Gasteiger partial charge in [-0.3, -0.25) is 9.69 Å². The van der Waals surface area contributed by atoms with Gasteiger partial charge in [0.25, 0.3) is 5.91 Å². The Kier molecular flexibility index (Phi) is 5.07. The number of hydrogen-bond acceptors (Lipinski definition) is 4. The summed E-state index contributed by atoms with van der Waals surface area (Å²) in [5.74, 6) is -0.251. The molecule has 1 aromatic rings. The van der Waals surface area contributed by atoms with Gasteiger partial charge in [0.1, 0.15) is 16.5 Å². The van der Waals surface area contributed by atoms with Gasteiger partial charge in [0.2, 0.25) is 0 Å². The first-order valence-corrected chi connectivity index (χ1v) is 7.42. The minimum Gasteiger partial charge on any atom is -0.368 e. The third kappa shape index (κ3) is 3.34. The number of aromatic nitrogens is 1. The number of hydrogen-bond donors (Lipinski definition) is 2. The van der Waals surface area contributed by atoms with Crippen LogP contribution in [0, 0.1) is 0 Å². The first kappa shape index (κ1) is 15.4. The Bertz CT molecular complexity index is 509. The third-order valence-corrected chi connectivity index (χ3v) is 4.09. The number of carbonyl (C=O) groups is 1. The van der Waals surface area contributed by atoms with Gasteiger partial charge in [-0.1, -0.05) is 30.1 Å². The average molecular weight is 317 g/mol. The first-order valence-electron chi connectivity index (χ1n) is 6.66. The zero-order chi connectivity index (χ0) is 14.7. The number of nitrogens with zero attached hydrogens (tertiary/aromatic N) is 2. The Labute approximate surface area is 128 Å². The lowest BCUT2D eigenvalue weighted by Gasteiger charge is -2.23. The van der Waals surface area contributed by atoms with Gasteiger partial charge in [0.15, 0.2) is 0 Å². The highest BCUT2D eigenvalue weighted by molar-refractivity contribution is 6.36. The maximum absolute atomic E-state index is 11.5. The van der Waals surface area contributed by atoms with Crippen molar-refractivity contribution in [1.82, 2.24) is 9.88 Å². The summed E-state index contributed by atoms with van der Waals surface area (Å²) < 4.78 is 0. The van der Waals surface area contributed by atoms with Crippen LogP contribution in [0.4, 0.5) is 5.82 Å². The first-order chi connectivity index (χ1) is 9.52. The van der Waals surface area contributed by atoms with Crippen molar-refractivity contribution in [3.05, 3.63) is 21.8 Å². The number of amides is 1. The van der Waals surface area contributed by atoms with Gasteiger partial charge < -0.3 is 11.1 Å². The van der Waals surface area contributed by atoms with Gasteiger partial charge in [-0.25, -0.2) is 4.98 Å². The van der Waals surface area contributed by atoms with Gasteiger partial charge in [0, 0.05) is 12.6 Å². The van der Waals surface area contributed by atoms with E-state index in [1.807, 2.05) is 0 Å². The molecule has 2 heterocycles. The summed E-state index contributed by atoms with van der Waals surface area (Å²) in [5, 5.41) is 3.62. The largest absolute Gasteiger partial charge is 0.368 e. The van der Waals surface area contributed by atoms with Gasteiger partial charge in [0.05, 0.1) is 5.02 Å². The normalized spacial score (nSPS) is 19.2. The number of primary amides is 1. The highest BCUT2D eigenvalue weighted by Gasteiger charge is 2.24. The molecule has 0 aromatic carbocycles.